The van der Waals surface area contributed by atoms with Crippen LogP contribution in [0.3, 0.4) is 0 Å². The van der Waals surface area contributed by atoms with E-state index in [1.165, 1.54) is 77.0 Å². The Labute approximate surface area is 340 Å². The molecule has 0 N–H and O–H groups in total. The van der Waals surface area contributed by atoms with Crippen molar-refractivity contribution in [2.75, 3.05) is 22.1 Å². The second-order valence-corrected chi connectivity index (χ2v) is 15.4. The monoisotopic (exact) mass is 958 g/mol. The van der Waals surface area contributed by atoms with Crippen LogP contribution in [0.5, 0.6) is 0 Å². The lowest BCUT2D eigenvalue weighted by molar-refractivity contribution is -0.327. The van der Waals surface area contributed by atoms with Crippen molar-refractivity contribution in [2.24, 2.45) is 0 Å². The minimum absolute atomic E-state index is 0.145. The predicted octanol–water partition coefficient (Wildman–Crippen LogP) is 10.9. The first kappa shape index (κ1) is 48.5. The fraction of sp³-hybridized carbons (Fsp3) is 0.750. The molecule has 298 valence electrons. The van der Waals surface area contributed by atoms with Crippen molar-refractivity contribution in [1.29, 1.82) is 0 Å². The molecule has 0 aromatic heterocycles. The summed E-state index contributed by atoms with van der Waals surface area (Å²) >= 11 is 4.20. The second-order valence-electron chi connectivity index (χ2n) is 13.9. The summed E-state index contributed by atoms with van der Waals surface area (Å²) < 4.78 is 10.9. The van der Waals surface area contributed by atoms with Gasteiger partial charge in [-0.1, -0.05) is 193 Å². The van der Waals surface area contributed by atoms with Gasteiger partial charge in [0.1, 0.15) is 11.2 Å². The molecule has 10 nitrogen and oxygen atoms in total. The highest BCUT2D eigenvalue weighted by Gasteiger charge is 2.36. The molecular formula is C40H64I2O10. The number of benzene rings is 1. The van der Waals surface area contributed by atoms with Gasteiger partial charge in [-0.05, 0) is 43.9 Å². The summed E-state index contributed by atoms with van der Waals surface area (Å²) in [6, 6.07) is 7.10. The fourth-order valence-electron chi connectivity index (χ4n) is 5.43. The first-order valence-corrected chi connectivity index (χ1v) is 22.5. The van der Waals surface area contributed by atoms with Crippen LogP contribution in [0.4, 0.5) is 0 Å². The topological polar surface area (TPSA) is 124 Å². The number of alkyl halides is 2. The third kappa shape index (κ3) is 20.8. The van der Waals surface area contributed by atoms with Gasteiger partial charge in [0.15, 0.2) is 0 Å². The van der Waals surface area contributed by atoms with Crippen LogP contribution in [0.2, 0.25) is 0 Å². The number of rotatable bonds is 30. The molecule has 0 aliphatic rings. The summed E-state index contributed by atoms with van der Waals surface area (Å²) in [4.78, 5) is 70.1. The summed E-state index contributed by atoms with van der Waals surface area (Å²) in [6.07, 6.45) is 23.0. The Bertz CT molecular complexity index is 1070. The average molecular weight is 959 g/mol. The minimum Gasteiger partial charge on any atom is -0.457 e. The van der Waals surface area contributed by atoms with E-state index in [1.54, 1.807) is 38.1 Å². The minimum atomic E-state index is -1.23. The van der Waals surface area contributed by atoms with Gasteiger partial charge in [0.2, 0.25) is 0 Å². The maximum absolute atomic E-state index is 12.4. The van der Waals surface area contributed by atoms with Crippen molar-refractivity contribution >= 4 is 69.1 Å². The van der Waals surface area contributed by atoms with Crippen molar-refractivity contribution in [1.82, 2.24) is 0 Å². The number of esters is 2. The van der Waals surface area contributed by atoms with Gasteiger partial charge in [-0.15, -0.1) is 0 Å². The van der Waals surface area contributed by atoms with Crippen LogP contribution in [-0.4, -0.2) is 45.9 Å². The van der Waals surface area contributed by atoms with E-state index >= 15 is 0 Å². The SMILES string of the molecule is CCCCCCCCCCCCOC(=O)C(=O)OOC(C)(CI)c1cccc(C(C)(CI)OOC(=O)C(=O)OCCCCCCCCCCCC)c1. The molecule has 1 rings (SSSR count). The molecule has 0 spiro atoms. The Morgan fingerprint density at radius 1 is 0.500 bits per heavy atom. The summed E-state index contributed by atoms with van der Waals surface area (Å²) in [5.74, 6) is -4.66. The number of carbonyl (C=O) groups is 4. The van der Waals surface area contributed by atoms with E-state index < -0.39 is 35.1 Å². The summed E-state index contributed by atoms with van der Waals surface area (Å²) in [5.41, 5.74) is -1.03. The lowest BCUT2D eigenvalue weighted by Gasteiger charge is -2.29. The second kappa shape index (κ2) is 29.8. The number of ether oxygens (including phenoxy) is 2. The van der Waals surface area contributed by atoms with E-state index in [1.807, 2.05) is 0 Å². The quantitative estimate of drug-likeness (QED) is 0.0140. The highest BCUT2D eigenvalue weighted by atomic mass is 127. The van der Waals surface area contributed by atoms with E-state index in [0.717, 1.165) is 38.5 Å². The number of unbranched alkanes of at least 4 members (excludes halogenated alkanes) is 18. The first-order valence-electron chi connectivity index (χ1n) is 19.4. The van der Waals surface area contributed by atoms with Gasteiger partial charge in [-0.3, -0.25) is 9.78 Å². The summed E-state index contributed by atoms with van der Waals surface area (Å²) in [5, 5.41) is 0. The third-order valence-electron chi connectivity index (χ3n) is 8.99. The van der Waals surface area contributed by atoms with E-state index in [4.69, 9.17) is 29.0 Å². The van der Waals surface area contributed by atoms with E-state index in [9.17, 15) is 19.2 Å². The van der Waals surface area contributed by atoms with Crippen LogP contribution in [0.25, 0.3) is 0 Å². The normalized spacial score (nSPS) is 13.5. The fourth-order valence-corrected chi connectivity index (χ4v) is 6.56. The molecule has 12 heteroatoms. The van der Waals surface area contributed by atoms with Gasteiger partial charge >= 0.3 is 23.9 Å². The van der Waals surface area contributed by atoms with Crippen molar-refractivity contribution in [2.45, 2.75) is 167 Å². The van der Waals surface area contributed by atoms with Crippen LogP contribution in [0.1, 0.15) is 167 Å². The van der Waals surface area contributed by atoms with Crippen LogP contribution < -0.4 is 0 Å². The highest BCUT2D eigenvalue weighted by Crippen LogP contribution is 2.34. The number of hydrogen-bond acceptors (Lipinski definition) is 10. The van der Waals surface area contributed by atoms with Gasteiger partial charge in [0, 0.05) is 8.86 Å². The predicted molar refractivity (Wildman–Crippen MR) is 219 cm³/mol. The largest absolute Gasteiger partial charge is 0.457 e. The van der Waals surface area contributed by atoms with Gasteiger partial charge in [-0.25, -0.2) is 19.2 Å². The molecule has 0 aliphatic carbocycles. The van der Waals surface area contributed by atoms with Crippen molar-refractivity contribution in [3.05, 3.63) is 35.4 Å². The molecule has 0 fully saturated rings. The van der Waals surface area contributed by atoms with E-state index in [0.29, 0.717) is 32.8 Å². The number of carbonyl (C=O) groups excluding carboxylic acids is 4. The Kier molecular flexibility index (Phi) is 27.8. The maximum atomic E-state index is 12.4. The molecule has 1 aromatic carbocycles. The molecule has 0 radical (unpaired) electrons. The van der Waals surface area contributed by atoms with Crippen molar-refractivity contribution in [3.8, 4) is 0 Å². The Morgan fingerprint density at radius 2 is 0.808 bits per heavy atom. The molecular weight excluding hydrogens is 894 g/mol. The van der Waals surface area contributed by atoms with Crippen molar-refractivity contribution < 1.29 is 48.2 Å². The lowest BCUT2D eigenvalue weighted by atomic mass is 9.91. The third-order valence-corrected chi connectivity index (χ3v) is 11.9. The first-order chi connectivity index (χ1) is 25.1. The van der Waals surface area contributed by atoms with Crippen LogP contribution >= 0.6 is 45.2 Å². The Hall–Kier alpha value is -1.52. The van der Waals surface area contributed by atoms with Crippen LogP contribution in [0, 0.1) is 0 Å². The molecule has 2 unspecified atom stereocenters. The molecule has 2 atom stereocenters. The zero-order chi connectivity index (χ0) is 38.5. The Morgan fingerprint density at radius 3 is 1.12 bits per heavy atom. The van der Waals surface area contributed by atoms with Crippen LogP contribution in [0.15, 0.2) is 24.3 Å². The standard InChI is InChI=1S/C40H64I2O10/c1-5-7-9-11-13-15-17-19-21-23-28-47-35(43)37(45)49-51-39(3,31-41)33-26-25-27-34(30-33)40(4,32-42)52-50-38(46)36(44)48-29-24-22-20-18-16-14-12-10-8-6-2/h25-27,30H,5-24,28-29,31-32H2,1-4H3. The molecule has 1 aromatic rings. The Balaban J connectivity index is 2.50. The lowest BCUT2D eigenvalue weighted by Crippen LogP contribution is -2.34. The van der Waals surface area contributed by atoms with E-state index in [-0.39, 0.29) is 13.2 Å². The van der Waals surface area contributed by atoms with Gasteiger partial charge in [0.05, 0.1) is 13.2 Å². The average Bonchev–Trinajstić information content (AvgIpc) is 3.16. The molecule has 0 bridgehead atoms. The van der Waals surface area contributed by atoms with Gasteiger partial charge in [0.25, 0.3) is 0 Å². The molecule has 0 saturated carbocycles. The van der Waals surface area contributed by atoms with Gasteiger partial charge in [-0.2, -0.15) is 9.78 Å². The van der Waals surface area contributed by atoms with Gasteiger partial charge < -0.3 is 9.47 Å². The van der Waals surface area contributed by atoms with Crippen molar-refractivity contribution in [3.63, 3.8) is 0 Å². The van der Waals surface area contributed by atoms with Crippen LogP contribution in [-0.2, 0) is 59.4 Å². The number of halogens is 2. The molecule has 0 aliphatic heterocycles. The summed E-state index contributed by atoms with van der Waals surface area (Å²) in [6.45, 7) is 8.15. The zero-order valence-corrected chi connectivity index (χ0v) is 36.4. The maximum Gasteiger partial charge on any atom is 0.449 e. The molecule has 0 amide bonds. The highest BCUT2D eigenvalue weighted by molar-refractivity contribution is 14.1. The summed E-state index contributed by atoms with van der Waals surface area (Å²) in [7, 11) is 0. The zero-order valence-electron chi connectivity index (χ0n) is 32.1. The molecule has 0 saturated heterocycles. The van der Waals surface area contributed by atoms with E-state index in [2.05, 4.69) is 59.0 Å². The smallest absolute Gasteiger partial charge is 0.449 e. The molecule has 52 heavy (non-hydrogen) atoms. The molecule has 0 heterocycles. The number of hydrogen-bond donors (Lipinski definition) is 0.